The lowest BCUT2D eigenvalue weighted by molar-refractivity contribution is -0.120. The predicted molar refractivity (Wildman–Crippen MR) is 107 cm³/mol. The van der Waals surface area contributed by atoms with Crippen LogP contribution in [0.3, 0.4) is 0 Å². The van der Waals surface area contributed by atoms with Crippen molar-refractivity contribution in [2.75, 3.05) is 46.4 Å². The number of piperazine rings is 1. The van der Waals surface area contributed by atoms with Crippen LogP contribution in [0.4, 0.5) is 0 Å². The third kappa shape index (κ3) is 5.33. The second-order valence-electron chi connectivity index (χ2n) is 7.17. The van der Waals surface area contributed by atoms with E-state index in [9.17, 15) is 4.79 Å². The molecule has 152 valence electrons. The standard InChI is InChI=1S/C21H30N4O3/c1-4-24-9-11-25(12-10-24)20(17-5-7-19(27-3)8-6-17)15-22-21(26)14-18-13-16(2)28-23-18/h5-8,13,20H,4,9-12,14-15H2,1-3H3,(H,22,26). The van der Waals surface area contributed by atoms with E-state index in [0.29, 0.717) is 18.0 Å². The number of aromatic nitrogens is 1. The highest BCUT2D eigenvalue weighted by molar-refractivity contribution is 5.78. The van der Waals surface area contributed by atoms with Crippen molar-refractivity contribution < 1.29 is 14.1 Å². The SMILES string of the molecule is CCN1CCN(C(CNC(=O)Cc2cc(C)on2)c2ccc(OC)cc2)CC1. The maximum Gasteiger partial charge on any atom is 0.226 e. The summed E-state index contributed by atoms with van der Waals surface area (Å²) in [5.74, 6) is 1.51. The number of rotatable bonds is 8. The molecule has 2 heterocycles. The van der Waals surface area contributed by atoms with Gasteiger partial charge in [0.2, 0.25) is 5.91 Å². The molecule has 7 heteroatoms. The van der Waals surface area contributed by atoms with Crippen LogP contribution < -0.4 is 10.1 Å². The third-order valence-corrected chi connectivity index (χ3v) is 5.31. The number of benzene rings is 1. The Kier molecular flexibility index (Phi) is 7.06. The van der Waals surface area contributed by atoms with Crippen LogP contribution in [0.15, 0.2) is 34.9 Å². The van der Waals surface area contributed by atoms with E-state index in [1.54, 1.807) is 13.2 Å². The molecule has 1 aliphatic heterocycles. The summed E-state index contributed by atoms with van der Waals surface area (Å²) in [7, 11) is 1.67. The Morgan fingerprint density at radius 2 is 1.96 bits per heavy atom. The largest absolute Gasteiger partial charge is 0.497 e. The Morgan fingerprint density at radius 1 is 1.25 bits per heavy atom. The average molecular weight is 386 g/mol. The number of nitrogens with zero attached hydrogens (tertiary/aromatic N) is 3. The average Bonchev–Trinajstić information content (AvgIpc) is 3.13. The number of nitrogens with one attached hydrogen (secondary N) is 1. The molecule has 7 nitrogen and oxygen atoms in total. The van der Waals surface area contributed by atoms with Crippen molar-refractivity contribution in [3.8, 4) is 5.75 Å². The van der Waals surface area contributed by atoms with Crippen molar-refractivity contribution in [1.29, 1.82) is 0 Å². The number of hydrogen-bond donors (Lipinski definition) is 1. The number of hydrogen-bond acceptors (Lipinski definition) is 6. The van der Waals surface area contributed by atoms with Crippen molar-refractivity contribution in [2.45, 2.75) is 26.3 Å². The van der Waals surface area contributed by atoms with Crippen LogP contribution in [0.1, 0.15) is 30.0 Å². The Balaban J connectivity index is 1.65. The zero-order chi connectivity index (χ0) is 19.9. The molecule has 0 spiro atoms. The van der Waals surface area contributed by atoms with E-state index < -0.39 is 0 Å². The second kappa shape index (κ2) is 9.71. The molecule has 28 heavy (non-hydrogen) atoms. The Hall–Kier alpha value is -2.38. The first-order valence-electron chi connectivity index (χ1n) is 9.88. The molecule has 2 aromatic rings. The normalized spacial score (nSPS) is 16.7. The van der Waals surface area contributed by atoms with Crippen molar-refractivity contribution in [2.24, 2.45) is 0 Å². The molecule has 1 amide bonds. The lowest BCUT2D eigenvalue weighted by Crippen LogP contribution is -2.49. The van der Waals surface area contributed by atoms with Crippen molar-refractivity contribution in [3.05, 3.63) is 47.3 Å². The summed E-state index contributed by atoms with van der Waals surface area (Å²) in [6, 6.07) is 10.1. The van der Waals surface area contributed by atoms with Gasteiger partial charge in [-0.15, -0.1) is 0 Å². The van der Waals surface area contributed by atoms with Crippen LogP contribution in [0.5, 0.6) is 5.75 Å². The number of amides is 1. The van der Waals surface area contributed by atoms with E-state index in [1.807, 2.05) is 19.1 Å². The first kappa shape index (κ1) is 20.4. The number of carbonyl (C=O) groups excluding carboxylic acids is 1. The zero-order valence-electron chi connectivity index (χ0n) is 17.0. The van der Waals surface area contributed by atoms with Gasteiger partial charge in [0.25, 0.3) is 0 Å². The molecule has 1 fully saturated rings. The Morgan fingerprint density at radius 3 is 2.54 bits per heavy atom. The molecular weight excluding hydrogens is 356 g/mol. The van der Waals surface area contributed by atoms with Gasteiger partial charge in [-0.1, -0.05) is 24.2 Å². The molecule has 0 saturated carbocycles. The van der Waals surface area contributed by atoms with Gasteiger partial charge in [0.15, 0.2) is 0 Å². The number of carbonyl (C=O) groups is 1. The van der Waals surface area contributed by atoms with Crippen LogP contribution in [0.2, 0.25) is 0 Å². The molecule has 1 aliphatic rings. The second-order valence-corrected chi connectivity index (χ2v) is 7.17. The summed E-state index contributed by atoms with van der Waals surface area (Å²) >= 11 is 0. The van der Waals surface area contributed by atoms with Crippen LogP contribution in [0, 0.1) is 6.92 Å². The highest BCUT2D eigenvalue weighted by Gasteiger charge is 2.25. The van der Waals surface area contributed by atoms with Crippen LogP contribution in [-0.2, 0) is 11.2 Å². The fraction of sp³-hybridized carbons (Fsp3) is 0.524. The maximum atomic E-state index is 12.4. The quantitative estimate of drug-likeness (QED) is 0.749. The number of likely N-dealkylation sites (N-methyl/N-ethyl adjacent to an activating group) is 1. The van der Waals surface area contributed by atoms with Crippen molar-refractivity contribution in [3.63, 3.8) is 0 Å². The lowest BCUT2D eigenvalue weighted by Gasteiger charge is -2.39. The van der Waals surface area contributed by atoms with Crippen LogP contribution in [-0.4, -0.2) is 67.2 Å². The Bertz CT molecular complexity index is 751. The summed E-state index contributed by atoms with van der Waals surface area (Å²) in [6.07, 6.45) is 0.232. The fourth-order valence-electron chi connectivity index (χ4n) is 3.61. The summed E-state index contributed by atoms with van der Waals surface area (Å²) in [5, 5.41) is 6.98. The minimum absolute atomic E-state index is 0.0426. The number of aryl methyl sites for hydroxylation is 1. The highest BCUT2D eigenvalue weighted by Crippen LogP contribution is 2.24. The minimum atomic E-state index is -0.0426. The smallest absolute Gasteiger partial charge is 0.226 e. The molecule has 1 atom stereocenters. The molecule has 3 rings (SSSR count). The predicted octanol–water partition coefficient (Wildman–Crippen LogP) is 2.03. The first-order chi connectivity index (χ1) is 13.6. The van der Waals surface area contributed by atoms with E-state index in [-0.39, 0.29) is 18.4 Å². The fourth-order valence-corrected chi connectivity index (χ4v) is 3.61. The Labute approximate surface area is 166 Å². The molecule has 0 aliphatic carbocycles. The van der Waals surface area contributed by atoms with Crippen LogP contribution >= 0.6 is 0 Å². The topological polar surface area (TPSA) is 70.8 Å². The van der Waals surface area contributed by atoms with E-state index in [0.717, 1.165) is 38.5 Å². The molecule has 1 aromatic carbocycles. The maximum absolute atomic E-state index is 12.4. The van der Waals surface area contributed by atoms with Gasteiger partial charge < -0.3 is 19.5 Å². The van der Waals surface area contributed by atoms with Gasteiger partial charge >= 0.3 is 0 Å². The summed E-state index contributed by atoms with van der Waals surface area (Å²) in [5.41, 5.74) is 1.84. The van der Waals surface area contributed by atoms with Gasteiger partial charge in [-0.05, 0) is 31.2 Å². The van der Waals surface area contributed by atoms with Gasteiger partial charge in [-0.3, -0.25) is 9.69 Å². The molecule has 1 unspecified atom stereocenters. The van der Waals surface area contributed by atoms with Crippen LogP contribution in [0.25, 0.3) is 0 Å². The molecular formula is C21H30N4O3. The monoisotopic (exact) mass is 386 g/mol. The summed E-state index contributed by atoms with van der Waals surface area (Å²) in [6.45, 7) is 9.74. The van der Waals surface area contributed by atoms with E-state index in [1.165, 1.54) is 5.56 Å². The lowest BCUT2D eigenvalue weighted by atomic mass is 10.0. The number of ether oxygens (including phenoxy) is 1. The zero-order valence-corrected chi connectivity index (χ0v) is 17.0. The van der Waals surface area contributed by atoms with Crippen molar-refractivity contribution in [1.82, 2.24) is 20.3 Å². The van der Waals surface area contributed by atoms with Gasteiger partial charge in [0.1, 0.15) is 11.5 Å². The highest BCUT2D eigenvalue weighted by atomic mass is 16.5. The van der Waals surface area contributed by atoms with Gasteiger partial charge in [-0.25, -0.2) is 0 Å². The van der Waals surface area contributed by atoms with E-state index >= 15 is 0 Å². The summed E-state index contributed by atoms with van der Waals surface area (Å²) < 4.78 is 10.3. The van der Waals surface area contributed by atoms with Crippen molar-refractivity contribution >= 4 is 5.91 Å². The van der Waals surface area contributed by atoms with E-state index in [4.69, 9.17) is 9.26 Å². The molecule has 0 bridgehead atoms. The molecule has 1 saturated heterocycles. The minimum Gasteiger partial charge on any atom is -0.497 e. The van der Waals surface area contributed by atoms with Gasteiger partial charge in [0, 0.05) is 38.8 Å². The molecule has 1 aromatic heterocycles. The first-order valence-corrected chi connectivity index (χ1v) is 9.88. The number of methoxy groups -OCH3 is 1. The van der Waals surface area contributed by atoms with E-state index in [2.05, 4.69) is 39.3 Å². The van der Waals surface area contributed by atoms with Gasteiger partial charge in [-0.2, -0.15) is 0 Å². The van der Waals surface area contributed by atoms with Gasteiger partial charge in [0.05, 0.1) is 25.3 Å². The summed E-state index contributed by atoms with van der Waals surface area (Å²) in [4.78, 5) is 17.3. The third-order valence-electron chi connectivity index (χ3n) is 5.31. The molecule has 0 radical (unpaired) electrons. The molecule has 1 N–H and O–H groups in total.